The van der Waals surface area contributed by atoms with Crippen molar-refractivity contribution in [1.82, 2.24) is 0 Å². The Morgan fingerprint density at radius 2 is 1.67 bits per heavy atom. The van der Waals surface area contributed by atoms with E-state index in [0.29, 0.717) is 17.0 Å². The Balaban J connectivity index is 1.59. The lowest BCUT2D eigenvalue weighted by molar-refractivity contribution is -0.118. The maximum absolute atomic E-state index is 13.3. The topological polar surface area (TPSA) is 62.1 Å². The second-order valence-electron chi connectivity index (χ2n) is 6.01. The highest BCUT2D eigenvalue weighted by atomic mass is 19.1. The summed E-state index contributed by atoms with van der Waals surface area (Å²) in [6.45, 7) is 1.62. The molecule has 5 heteroatoms. The number of rotatable bonds is 5. The van der Waals surface area contributed by atoms with Crippen molar-refractivity contribution in [3.05, 3.63) is 83.7 Å². The van der Waals surface area contributed by atoms with Crippen LogP contribution in [0.3, 0.4) is 0 Å². The molecule has 0 aliphatic heterocycles. The van der Waals surface area contributed by atoms with E-state index in [1.807, 2.05) is 24.3 Å². The Morgan fingerprint density at radius 1 is 1.04 bits per heavy atom. The molecule has 4 nitrogen and oxygen atoms in total. The first-order valence-corrected chi connectivity index (χ1v) is 8.34. The monoisotopic (exact) mass is 360 g/mol. The molecule has 0 saturated heterocycles. The summed E-state index contributed by atoms with van der Waals surface area (Å²) in [5, 5.41) is 11.5. The third kappa shape index (κ3) is 4.71. The van der Waals surface area contributed by atoms with Gasteiger partial charge in [-0.1, -0.05) is 30.3 Å². The smallest absolute Gasteiger partial charge is 0.262 e. The number of nitrogens with zero attached hydrogens (tertiary/aromatic N) is 1. The van der Waals surface area contributed by atoms with Crippen molar-refractivity contribution >= 4 is 11.6 Å². The Hall–Kier alpha value is -3.65. The van der Waals surface area contributed by atoms with Crippen LogP contribution in [0.5, 0.6) is 5.75 Å². The largest absolute Gasteiger partial charge is 0.484 e. The number of hydrogen-bond donors (Lipinski definition) is 1. The molecule has 0 atom stereocenters. The average molecular weight is 360 g/mol. The number of nitrogens with one attached hydrogen (secondary N) is 1. The van der Waals surface area contributed by atoms with Crippen LogP contribution in [0.4, 0.5) is 10.1 Å². The summed E-state index contributed by atoms with van der Waals surface area (Å²) in [4.78, 5) is 12.0. The van der Waals surface area contributed by atoms with E-state index in [0.717, 1.165) is 16.7 Å². The number of halogens is 1. The van der Waals surface area contributed by atoms with E-state index in [4.69, 9.17) is 10.00 Å². The number of aryl methyl sites for hydroxylation is 1. The molecule has 0 aromatic heterocycles. The molecule has 134 valence electrons. The fraction of sp³-hybridized carbons (Fsp3) is 0.0909. The predicted molar refractivity (Wildman–Crippen MR) is 102 cm³/mol. The molecular formula is C22H17FN2O2. The number of amides is 1. The van der Waals surface area contributed by atoms with Crippen LogP contribution in [0.25, 0.3) is 11.1 Å². The molecule has 3 aromatic rings. The standard InChI is InChI=1S/C22H17FN2O2/c1-15-2-9-19(23)12-21(15)25-22(26)14-27-20-10-7-18(8-11-20)17-5-3-16(13-24)4-6-17/h2-12H,14H2,1H3,(H,25,26). The van der Waals surface area contributed by atoms with Crippen molar-refractivity contribution in [2.75, 3.05) is 11.9 Å². The number of ether oxygens (including phenoxy) is 1. The predicted octanol–water partition coefficient (Wildman–Crippen LogP) is 4.69. The van der Waals surface area contributed by atoms with Gasteiger partial charge in [0.15, 0.2) is 6.61 Å². The molecule has 0 bridgehead atoms. The van der Waals surface area contributed by atoms with Crippen molar-refractivity contribution in [3.8, 4) is 22.9 Å². The highest BCUT2D eigenvalue weighted by molar-refractivity contribution is 5.92. The fourth-order valence-corrected chi connectivity index (χ4v) is 2.54. The molecule has 0 saturated carbocycles. The van der Waals surface area contributed by atoms with E-state index in [9.17, 15) is 9.18 Å². The molecule has 0 spiro atoms. The van der Waals surface area contributed by atoms with Crippen molar-refractivity contribution in [3.63, 3.8) is 0 Å². The van der Waals surface area contributed by atoms with Crippen molar-refractivity contribution in [2.24, 2.45) is 0 Å². The first-order valence-electron chi connectivity index (χ1n) is 8.34. The van der Waals surface area contributed by atoms with E-state index in [2.05, 4.69) is 11.4 Å². The lowest BCUT2D eigenvalue weighted by Gasteiger charge is -2.10. The zero-order valence-corrected chi connectivity index (χ0v) is 14.7. The summed E-state index contributed by atoms with van der Waals surface area (Å²) >= 11 is 0. The summed E-state index contributed by atoms with van der Waals surface area (Å²) in [6, 6.07) is 20.9. The zero-order chi connectivity index (χ0) is 19.2. The number of carbonyl (C=O) groups excluding carboxylic acids is 1. The van der Waals surface area contributed by atoms with Crippen LogP contribution in [0, 0.1) is 24.1 Å². The molecule has 0 unspecified atom stereocenters. The van der Waals surface area contributed by atoms with Gasteiger partial charge in [0, 0.05) is 5.69 Å². The summed E-state index contributed by atoms with van der Waals surface area (Å²) in [7, 11) is 0. The van der Waals surface area contributed by atoms with Crippen molar-refractivity contribution in [1.29, 1.82) is 5.26 Å². The summed E-state index contributed by atoms with van der Waals surface area (Å²) < 4.78 is 18.8. The van der Waals surface area contributed by atoms with Crippen LogP contribution in [0.1, 0.15) is 11.1 Å². The number of anilines is 1. The van der Waals surface area contributed by atoms with Gasteiger partial charge < -0.3 is 10.1 Å². The normalized spacial score (nSPS) is 10.1. The quantitative estimate of drug-likeness (QED) is 0.718. The third-order valence-corrected chi connectivity index (χ3v) is 4.05. The Bertz CT molecular complexity index is 990. The lowest BCUT2D eigenvalue weighted by atomic mass is 10.0. The Labute approximate surface area is 156 Å². The summed E-state index contributed by atoms with van der Waals surface area (Å²) in [5.74, 6) is -0.214. The SMILES string of the molecule is Cc1ccc(F)cc1NC(=O)COc1ccc(-c2ccc(C#N)cc2)cc1. The molecule has 1 amide bonds. The van der Waals surface area contributed by atoms with E-state index >= 15 is 0 Å². The van der Waals surface area contributed by atoms with Gasteiger partial charge in [0.1, 0.15) is 11.6 Å². The van der Waals surface area contributed by atoms with Gasteiger partial charge in [0.05, 0.1) is 11.6 Å². The molecule has 0 aliphatic rings. The van der Waals surface area contributed by atoms with Crippen LogP contribution in [-0.2, 0) is 4.79 Å². The van der Waals surface area contributed by atoms with E-state index in [1.165, 1.54) is 12.1 Å². The Kier molecular flexibility index (Phi) is 5.48. The third-order valence-electron chi connectivity index (χ3n) is 4.05. The van der Waals surface area contributed by atoms with Crippen LogP contribution < -0.4 is 10.1 Å². The molecule has 0 radical (unpaired) electrons. The fourth-order valence-electron chi connectivity index (χ4n) is 2.54. The highest BCUT2D eigenvalue weighted by Crippen LogP contribution is 2.23. The second-order valence-corrected chi connectivity index (χ2v) is 6.01. The zero-order valence-electron chi connectivity index (χ0n) is 14.7. The van der Waals surface area contributed by atoms with E-state index in [-0.39, 0.29) is 12.5 Å². The van der Waals surface area contributed by atoms with Crippen LogP contribution >= 0.6 is 0 Å². The minimum absolute atomic E-state index is 0.174. The van der Waals surface area contributed by atoms with Gasteiger partial charge in [0.25, 0.3) is 5.91 Å². The molecule has 3 rings (SSSR count). The van der Waals surface area contributed by atoms with Gasteiger partial charge >= 0.3 is 0 Å². The Morgan fingerprint density at radius 3 is 2.30 bits per heavy atom. The number of carbonyl (C=O) groups is 1. The van der Waals surface area contributed by atoms with Gasteiger partial charge in [-0.2, -0.15) is 5.26 Å². The maximum atomic E-state index is 13.3. The van der Waals surface area contributed by atoms with Crippen LogP contribution in [-0.4, -0.2) is 12.5 Å². The molecular weight excluding hydrogens is 343 g/mol. The van der Waals surface area contributed by atoms with Crippen LogP contribution in [0.2, 0.25) is 0 Å². The minimum atomic E-state index is -0.407. The number of nitriles is 1. The molecule has 27 heavy (non-hydrogen) atoms. The average Bonchev–Trinajstić information content (AvgIpc) is 2.70. The highest BCUT2D eigenvalue weighted by Gasteiger charge is 2.07. The van der Waals surface area contributed by atoms with Gasteiger partial charge in [-0.25, -0.2) is 4.39 Å². The maximum Gasteiger partial charge on any atom is 0.262 e. The lowest BCUT2D eigenvalue weighted by Crippen LogP contribution is -2.20. The molecule has 0 heterocycles. The number of hydrogen-bond acceptors (Lipinski definition) is 3. The van der Waals surface area contributed by atoms with Gasteiger partial charge in [0.2, 0.25) is 0 Å². The van der Waals surface area contributed by atoms with Crippen molar-refractivity contribution in [2.45, 2.75) is 6.92 Å². The first kappa shape index (κ1) is 18.2. The minimum Gasteiger partial charge on any atom is -0.484 e. The number of benzene rings is 3. The first-order chi connectivity index (χ1) is 13.0. The summed E-state index contributed by atoms with van der Waals surface area (Å²) in [5.41, 5.74) is 3.78. The second kappa shape index (κ2) is 8.15. The van der Waals surface area contributed by atoms with Crippen LogP contribution in [0.15, 0.2) is 66.7 Å². The van der Waals surface area contributed by atoms with E-state index in [1.54, 1.807) is 37.3 Å². The van der Waals surface area contributed by atoms with Gasteiger partial charge in [-0.15, -0.1) is 0 Å². The van der Waals surface area contributed by atoms with Crippen molar-refractivity contribution < 1.29 is 13.9 Å². The molecule has 1 N–H and O–H groups in total. The summed E-state index contributed by atoms with van der Waals surface area (Å²) in [6.07, 6.45) is 0. The van der Waals surface area contributed by atoms with Gasteiger partial charge in [-0.3, -0.25) is 4.79 Å². The molecule has 0 fully saturated rings. The molecule has 0 aliphatic carbocycles. The van der Waals surface area contributed by atoms with E-state index < -0.39 is 5.82 Å². The van der Waals surface area contributed by atoms with Gasteiger partial charge in [-0.05, 0) is 60.0 Å². The molecule has 3 aromatic carbocycles.